The summed E-state index contributed by atoms with van der Waals surface area (Å²) in [6, 6.07) is 17.8. The lowest BCUT2D eigenvalue weighted by atomic mass is 10.1. The summed E-state index contributed by atoms with van der Waals surface area (Å²) >= 11 is 1.47. The third-order valence-corrected chi connectivity index (χ3v) is 4.85. The van der Waals surface area contributed by atoms with Crippen LogP contribution in [0.2, 0.25) is 0 Å². The van der Waals surface area contributed by atoms with Crippen molar-refractivity contribution in [2.24, 2.45) is 0 Å². The van der Waals surface area contributed by atoms with Gasteiger partial charge in [-0.3, -0.25) is 0 Å². The molecule has 0 atom stereocenters. The van der Waals surface area contributed by atoms with Gasteiger partial charge >= 0.3 is 0 Å². The van der Waals surface area contributed by atoms with Gasteiger partial charge in [0, 0.05) is 16.3 Å². The Kier molecular flexibility index (Phi) is 4.94. The average Bonchev–Trinajstić information content (AvgIpc) is 3.33. The van der Waals surface area contributed by atoms with Crippen LogP contribution in [0, 0.1) is 11.3 Å². The molecule has 0 saturated carbocycles. The number of hydrogen-bond donors (Lipinski definition) is 0. The zero-order valence-electron chi connectivity index (χ0n) is 14.6. The molecule has 0 bridgehead atoms. The largest absolute Gasteiger partial charge is 0.237 e. The number of hydrogen-bond acceptors (Lipinski definition) is 6. The Hall–Kier alpha value is -3.05. The fraction of sp³-hybridized carbons (Fsp3) is 0.150. The van der Waals surface area contributed by atoms with E-state index in [1.807, 2.05) is 60.8 Å². The summed E-state index contributed by atoms with van der Waals surface area (Å²) in [6.07, 6.45) is 0. The summed E-state index contributed by atoms with van der Waals surface area (Å²) < 4.78 is 1.79. The first-order valence-electron chi connectivity index (χ1n) is 8.47. The zero-order chi connectivity index (χ0) is 18.6. The number of fused-ring (bicyclic) bond motifs is 1. The lowest BCUT2D eigenvalue weighted by Gasteiger charge is -1.99. The van der Waals surface area contributed by atoms with Gasteiger partial charge in [0.25, 0.3) is 0 Å². The summed E-state index contributed by atoms with van der Waals surface area (Å²) in [5, 5.41) is 17.7. The van der Waals surface area contributed by atoms with Crippen LogP contribution in [-0.4, -0.2) is 21.4 Å². The summed E-state index contributed by atoms with van der Waals surface area (Å²) in [6.45, 7) is 2.62. The van der Waals surface area contributed by atoms with E-state index in [1.165, 1.54) is 11.3 Å². The first kappa shape index (κ1) is 17.4. The van der Waals surface area contributed by atoms with Crippen LogP contribution >= 0.6 is 11.3 Å². The smallest absolute Gasteiger partial charge is 0.211 e. The van der Waals surface area contributed by atoms with Gasteiger partial charge in [0.2, 0.25) is 5.13 Å². The van der Waals surface area contributed by atoms with E-state index in [-0.39, 0.29) is 6.61 Å². The minimum Gasteiger partial charge on any atom is -0.237 e. The van der Waals surface area contributed by atoms with E-state index < -0.39 is 0 Å². The maximum Gasteiger partial charge on any atom is 0.211 e. The van der Waals surface area contributed by atoms with Crippen molar-refractivity contribution < 1.29 is 9.78 Å². The molecule has 0 amide bonds. The van der Waals surface area contributed by atoms with E-state index in [4.69, 9.17) is 14.9 Å². The van der Waals surface area contributed by atoms with E-state index in [0.29, 0.717) is 17.3 Å². The number of thiazole rings is 1. The highest BCUT2D eigenvalue weighted by Gasteiger charge is 2.16. The van der Waals surface area contributed by atoms with Crippen molar-refractivity contribution in [1.82, 2.24) is 14.8 Å². The van der Waals surface area contributed by atoms with Crippen LogP contribution in [0.15, 0.2) is 53.9 Å². The summed E-state index contributed by atoms with van der Waals surface area (Å²) in [4.78, 5) is 14.6. The van der Waals surface area contributed by atoms with Crippen LogP contribution in [-0.2, 0) is 16.4 Å². The number of rotatable bonds is 6. The molecule has 0 N–H and O–H groups in total. The highest BCUT2D eigenvalue weighted by Crippen LogP contribution is 2.31. The Bertz CT molecular complexity index is 1110. The predicted octanol–water partition coefficient (Wildman–Crippen LogP) is 4.49. The number of nitriles is 1. The van der Waals surface area contributed by atoms with Crippen LogP contribution in [0.1, 0.15) is 18.2 Å². The second-order valence-corrected chi connectivity index (χ2v) is 6.60. The molecule has 0 spiro atoms. The number of benzene rings is 2. The van der Waals surface area contributed by atoms with Crippen molar-refractivity contribution >= 4 is 22.2 Å². The maximum absolute atomic E-state index is 9.28. The van der Waals surface area contributed by atoms with Crippen molar-refractivity contribution in [3.05, 3.63) is 65.2 Å². The van der Waals surface area contributed by atoms with Gasteiger partial charge in [0.05, 0.1) is 29.5 Å². The van der Waals surface area contributed by atoms with Gasteiger partial charge < -0.3 is 0 Å². The van der Waals surface area contributed by atoms with E-state index in [2.05, 4.69) is 11.1 Å². The fourth-order valence-corrected chi connectivity index (χ4v) is 3.56. The molecule has 27 heavy (non-hydrogen) atoms. The van der Waals surface area contributed by atoms with Crippen LogP contribution in [0.4, 0.5) is 0 Å². The number of nitrogens with zero attached hydrogens (tertiary/aromatic N) is 4. The van der Waals surface area contributed by atoms with E-state index in [1.54, 1.807) is 4.68 Å². The minimum atomic E-state index is 0.276. The zero-order valence-corrected chi connectivity index (χ0v) is 15.4. The topological polar surface area (TPSA) is 73.0 Å². The van der Waals surface area contributed by atoms with E-state index >= 15 is 0 Å². The standard InChI is InChI=1S/C20H16N4O2S/c1-2-25-26-12-16-13-27-20(22-16)24-18-10-14(11-21)8-9-17(18)19(23-24)15-6-4-3-5-7-15/h3-10,13H,2,12H2,1H3. The molecule has 0 fully saturated rings. The molecule has 7 heteroatoms. The van der Waals surface area contributed by atoms with E-state index in [9.17, 15) is 5.26 Å². The lowest BCUT2D eigenvalue weighted by molar-refractivity contribution is -0.301. The minimum absolute atomic E-state index is 0.276. The van der Waals surface area contributed by atoms with Gasteiger partial charge in [-0.25, -0.2) is 19.4 Å². The number of aromatic nitrogens is 3. The highest BCUT2D eigenvalue weighted by molar-refractivity contribution is 7.12. The highest BCUT2D eigenvalue weighted by atomic mass is 32.1. The lowest BCUT2D eigenvalue weighted by Crippen LogP contribution is -1.98. The quantitative estimate of drug-likeness (QED) is 0.282. The molecule has 0 aliphatic rings. The molecular weight excluding hydrogens is 360 g/mol. The molecule has 6 nitrogen and oxygen atoms in total. The summed E-state index contributed by atoms with van der Waals surface area (Å²) in [5.41, 5.74) is 4.07. The SMILES string of the molecule is CCOOCc1csc(-n2nc(-c3ccccc3)c3ccc(C#N)cc32)n1. The van der Waals surface area contributed by atoms with Gasteiger partial charge in [-0.1, -0.05) is 30.3 Å². The molecule has 4 aromatic rings. The van der Waals surface area contributed by atoms with Crippen LogP contribution in [0.3, 0.4) is 0 Å². The molecular formula is C20H16N4O2S. The normalized spacial score (nSPS) is 11.0. The van der Waals surface area contributed by atoms with E-state index in [0.717, 1.165) is 27.9 Å². The Morgan fingerprint density at radius 3 is 2.78 bits per heavy atom. The van der Waals surface area contributed by atoms with Crippen LogP contribution in [0.5, 0.6) is 0 Å². The molecule has 2 heterocycles. The van der Waals surface area contributed by atoms with Gasteiger partial charge in [-0.05, 0) is 25.1 Å². The molecule has 2 aromatic carbocycles. The van der Waals surface area contributed by atoms with Gasteiger partial charge in [-0.2, -0.15) is 10.4 Å². The van der Waals surface area contributed by atoms with Gasteiger partial charge in [-0.15, -0.1) is 11.3 Å². The van der Waals surface area contributed by atoms with Crippen molar-refractivity contribution in [2.75, 3.05) is 6.61 Å². The average molecular weight is 376 g/mol. The van der Waals surface area contributed by atoms with Crippen molar-refractivity contribution in [1.29, 1.82) is 5.26 Å². The van der Waals surface area contributed by atoms with Crippen LogP contribution < -0.4 is 0 Å². The Morgan fingerprint density at radius 1 is 1.15 bits per heavy atom. The van der Waals surface area contributed by atoms with Gasteiger partial charge in [0.1, 0.15) is 12.3 Å². The first-order chi connectivity index (χ1) is 13.3. The molecule has 0 saturated heterocycles. The molecule has 0 aliphatic carbocycles. The Labute approximate surface area is 160 Å². The molecule has 0 unspecified atom stereocenters. The molecule has 0 radical (unpaired) electrons. The van der Waals surface area contributed by atoms with Crippen molar-refractivity contribution in [3.63, 3.8) is 0 Å². The predicted molar refractivity (Wildman–Crippen MR) is 103 cm³/mol. The Balaban J connectivity index is 1.81. The molecule has 4 rings (SSSR count). The summed E-state index contributed by atoms with van der Waals surface area (Å²) in [7, 11) is 0. The first-order valence-corrected chi connectivity index (χ1v) is 9.35. The third-order valence-electron chi connectivity index (χ3n) is 3.99. The second kappa shape index (κ2) is 7.68. The fourth-order valence-electron chi connectivity index (χ4n) is 2.78. The molecule has 134 valence electrons. The molecule has 2 aromatic heterocycles. The third kappa shape index (κ3) is 3.46. The van der Waals surface area contributed by atoms with Crippen molar-refractivity contribution in [2.45, 2.75) is 13.5 Å². The molecule has 0 aliphatic heterocycles. The monoisotopic (exact) mass is 376 g/mol. The van der Waals surface area contributed by atoms with Crippen LogP contribution in [0.25, 0.3) is 27.3 Å². The van der Waals surface area contributed by atoms with Crippen molar-refractivity contribution in [3.8, 4) is 22.5 Å². The van der Waals surface area contributed by atoms with Gasteiger partial charge in [0.15, 0.2) is 0 Å². The maximum atomic E-state index is 9.28. The summed E-state index contributed by atoms with van der Waals surface area (Å²) in [5.74, 6) is 0. The Morgan fingerprint density at radius 2 is 2.00 bits per heavy atom. The second-order valence-electron chi connectivity index (χ2n) is 5.76.